The molecule has 1 saturated heterocycles. The van der Waals surface area contributed by atoms with Gasteiger partial charge in [-0.1, -0.05) is 30.3 Å². The fraction of sp³-hybridized carbons (Fsp3) is 0.571. The zero-order valence-corrected chi connectivity index (χ0v) is 9.61. The number of nitrogens with one attached hydrogen (secondary N) is 1. The van der Waals surface area contributed by atoms with Gasteiger partial charge >= 0.3 is 0 Å². The highest BCUT2D eigenvalue weighted by Gasteiger charge is 2.47. The minimum absolute atomic E-state index is 0.681. The van der Waals surface area contributed by atoms with Crippen LogP contribution in [0.25, 0.3) is 0 Å². The van der Waals surface area contributed by atoms with Crippen molar-refractivity contribution in [3.8, 4) is 0 Å². The van der Waals surface area contributed by atoms with Gasteiger partial charge < -0.3 is 10.1 Å². The first-order valence-electron chi connectivity index (χ1n) is 6.19. The highest BCUT2D eigenvalue weighted by atomic mass is 16.5. The van der Waals surface area contributed by atoms with E-state index in [-0.39, 0.29) is 0 Å². The van der Waals surface area contributed by atoms with E-state index < -0.39 is 0 Å². The maximum absolute atomic E-state index is 5.77. The van der Waals surface area contributed by atoms with Gasteiger partial charge in [-0.05, 0) is 29.7 Å². The third-order valence-electron chi connectivity index (χ3n) is 3.91. The second-order valence-corrected chi connectivity index (χ2v) is 5.38. The van der Waals surface area contributed by atoms with Gasteiger partial charge in [0, 0.05) is 19.7 Å². The molecule has 0 bridgehead atoms. The molecular weight excluding hydrogens is 198 g/mol. The predicted molar refractivity (Wildman–Crippen MR) is 64.1 cm³/mol. The lowest BCUT2D eigenvalue weighted by molar-refractivity contribution is -0.0475. The lowest BCUT2D eigenvalue weighted by Gasteiger charge is -2.54. The second kappa shape index (κ2) is 4.19. The summed E-state index contributed by atoms with van der Waals surface area (Å²) in [6.07, 6.45) is 2.74. The molecule has 1 aromatic carbocycles. The fourth-order valence-electron chi connectivity index (χ4n) is 2.97. The van der Waals surface area contributed by atoms with Gasteiger partial charge in [-0.15, -0.1) is 0 Å². The maximum Gasteiger partial charge on any atom is 0.0717 e. The number of rotatable bonds is 4. The van der Waals surface area contributed by atoms with Crippen LogP contribution in [-0.2, 0) is 11.3 Å². The summed E-state index contributed by atoms with van der Waals surface area (Å²) < 4.78 is 5.77. The Hall–Kier alpha value is -0.860. The van der Waals surface area contributed by atoms with E-state index in [0.29, 0.717) is 5.41 Å². The van der Waals surface area contributed by atoms with E-state index in [1.165, 1.54) is 31.5 Å². The molecule has 1 heterocycles. The van der Waals surface area contributed by atoms with Crippen LogP contribution in [0.2, 0.25) is 0 Å². The molecule has 1 aliphatic carbocycles. The molecule has 0 amide bonds. The average molecular weight is 217 g/mol. The van der Waals surface area contributed by atoms with Gasteiger partial charge in [-0.25, -0.2) is 0 Å². The fourth-order valence-corrected chi connectivity index (χ4v) is 2.97. The first-order chi connectivity index (χ1) is 7.86. The molecule has 1 saturated carbocycles. The van der Waals surface area contributed by atoms with Gasteiger partial charge in [0.25, 0.3) is 0 Å². The van der Waals surface area contributed by atoms with Crippen molar-refractivity contribution in [2.45, 2.75) is 19.4 Å². The molecule has 2 aliphatic rings. The summed E-state index contributed by atoms with van der Waals surface area (Å²) in [7, 11) is 0. The van der Waals surface area contributed by atoms with Crippen molar-refractivity contribution in [1.29, 1.82) is 0 Å². The second-order valence-electron chi connectivity index (χ2n) is 5.38. The normalized spacial score (nSPS) is 22.8. The molecule has 16 heavy (non-hydrogen) atoms. The van der Waals surface area contributed by atoms with Crippen molar-refractivity contribution < 1.29 is 4.74 Å². The monoisotopic (exact) mass is 217 g/mol. The number of ether oxygens (including phenoxy) is 1. The van der Waals surface area contributed by atoms with Gasteiger partial charge in [0.05, 0.1) is 6.61 Å². The minimum atomic E-state index is 0.681. The Morgan fingerprint density at radius 3 is 2.56 bits per heavy atom. The highest BCUT2D eigenvalue weighted by molar-refractivity contribution is 5.13. The van der Waals surface area contributed by atoms with Gasteiger partial charge in [-0.2, -0.15) is 0 Å². The third kappa shape index (κ3) is 2.00. The van der Waals surface area contributed by atoms with E-state index in [2.05, 4.69) is 29.6 Å². The lowest BCUT2D eigenvalue weighted by atomic mass is 9.59. The Balaban J connectivity index is 1.36. The summed E-state index contributed by atoms with van der Waals surface area (Å²) in [5.74, 6) is 0.811. The van der Waals surface area contributed by atoms with Crippen LogP contribution in [0.5, 0.6) is 0 Å². The summed E-state index contributed by atoms with van der Waals surface area (Å²) in [6, 6.07) is 10.4. The topological polar surface area (TPSA) is 21.3 Å². The van der Waals surface area contributed by atoms with Crippen LogP contribution in [0.15, 0.2) is 30.3 Å². The van der Waals surface area contributed by atoms with E-state index in [1.807, 2.05) is 6.07 Å². The van der Waals surface area contributed by atoms with Crippen molar-refractivity contribution in [2.24, 2.45) is 11.3 Å². The van der Waals surface area contributed by atoms with Crippen LogP contribution in [0, 0.1) is 11.3 Å². The Kier molecular flexibility index (Phi) is 2.70. The molecule has 2 fully saturated rings. The Bertz CT molecular complexity index is 337. The highest BCUT2D eigenvalue weighted by Crippen LogP contribution is 2.48. The standard InChI is InChI=1S/C14H19NO/c1-2-4-12(5-3-1)8-16-9-13-6-14(7-13)10-15-11-14/h1-5,13,15H,6-11H2. The van der Waals surface area contributed by atoms with Crippen molar-refractivity contribution in [2.75, 3.05) is 19.7 Å². The molecule has 3 rings (SSSR count). The van der Waals surface area contributed by atoms with Crippen molar-refractivity contribution in [3.05, 3.63) is 35.9 Å². The van der Waals surface area contributed by atoms with Crippen molar-refractivity contribution in [1.82, 2.24) is 5.32 Å². The largest absolute Gasteiger partial charge is 0.376 e. The third-order valence-corrected chi connectivity index (χ3v) is 3.91. The van der Waals surface area contributed by atoms with E-state index in [0.717, 1.165) is 19.1 Å². The van der Waals surface area contributed by atoms with Crippen LogP contribution < -0.4 is 5.32 Å². The SMILES string of the molecule is c1ccc(COCC2CC3(CNC3)C2)cc1. The molecule has 0 unspecified atom stereocenters. The van der Waals surface area contributed by atoms with Crippen LogP contribution >= 0.6 is 0 Å². The van der Waals surface area contributed by atoms with Gasteiger partial charge in [0.1, 0.15) is 0 Å². The predicted octanol–water partition coefficient (Wildman–Crippen LogP) is 2.20. The van der Waals surface area contributed by atoms with E-state index >= 15 is 0 Å². The molecule has 0 atom stereocenters. The van der Waals surface area contributed by atoms with Crippen molar-refractivity contribution >= 4 is 0 Å². The average Bonchev–Trinajstić information content (AvgIpc) is 2.20. The van der Waals surface area contributed by atoms with Gasteiger partial charge in [-0.3, -0.25) is 0 Å². The van der Waals surface area contributed by atoms with E-state index in [1.54, 1.807) is 0 Å². The summed E-state index contributed by atoms with van der Waals surface area (Å²) in [6.45, 7) is 4.18. The van der Waals surface area contributed by atoms with Crippen LogP contribution in [-0.4, -0.2) is 19.7 Å². The lowest BCUT2D eigenvalue weighted by Crippen LogP contribution is -2.60. The zero-order valence-electron chi connectivity index (χ0n) is 9.61. The molecule has 2 heteroatoms. The minimum Gasteiger partial charge on any atom is -0.376 e. The molecule has 1 N–H and O–H groups in total. The summed E-state index contributed by atoms with van der Waals surface area (Å²) in [5.41, 5.74) is 1.96. The first-order valence-corrected chi connectivity index (χ1v) is 6.19. The van der Waals surface area contributed by atoms with Crippen molar-refractivity contribution in [3.63, 3.8) is 0 Å². The molecule has 2 nitrogen and oxygen atoms in total. The quantitative estimate of drug-likeness (QED) is 0.835. The van der Waals surface area contributed by atoms with E-state index in [4.69, 9.17) is 4.74 Å². The van der Waals surface area contributed by atoms with E-state index in [9.17, 15) is 0 Å². The number of hydrogen-bond donors (Lipinski definition) is 1. The van der Waals surface area contributed by atoms with Gasteiger partial charge in [0.15, 0.2) is 0 Å². The number of hydrogen-bond acceptors (Lipinski definition) is 2. The molecule has 1 aliphatic heterocycles. The maximum atomic E-state index is 5.77. The molecular formula is C14H19NO. The number of benzene rings is 1. The zero-order chi connectivity index (χ0) is 10.8. The Morgan fingerprint density at radius 1 is 1.19 bits per heavy atom. The molecule has 0 radical (unpaired) electrons. The van der Waals surface area contributed by atoms with Crippen LogP contribution in [0.3, 0.4) is 0 Å². The molecule has 86 valence electrons. The van der Waals surface area contributed by atoms with Crippen LogP contribution in [0.4, 0.5) is 0 Å². The Morgan fingerprint density at radius 2 is 1.94 bits per heavy atom. The Labute approximate surface area is 97.0 Å². The van der Waals surface area contributed by atoms with Gasteiger partial charge in [0.2, 0.25) is 0 Å². The first kappa shape index (κ1) is 10.3. The molecule has 0 aromatic heterocycles. The summed E-state index contributed by atoms with van der Waals surface area (Å²) in [5, 5.41) is 3.37. The van der Waals surface area contributed by atoms with Crippen LogP contribution in [0.1, 0.15) is 18.4 Å². The summed E-state index contributed by atoms with van der Waals surface area (Å²) >= 11 is 0. The smallest absolute Gasteiger partial charge is 0.0717 e. The summed E-state index contributed by atoms with van der Waals surface area (Å²) in [4.78, 5) is 0. The molecule has 1 spiro atoms. The molecule has 1 aromatic rings.